The van der Waals surface area contributed by atoms with Crippen LogP contribution in [0.1, 0.15) is 12.5 Å². The molecule has 0 saturated carbocycles. The average Bonchev–Trinajstić information content (AvgIpc) is 3.03. The van der Waals surface area contributed by atoms with E-state index >= 15 is 0 Å². The Morgan fingerprint density at radius 1 is 1.08 bits per heavy atom. The van der Waals surface area contributed by atoms with Gasteiger partial charge in [0.25, 0.3) is 0 Å². The third-order valence-electron chi connectivity index (χ3n) is 4.10. The van der Waals surface area contributed by atoms with E-state index in [0.717, 1.165) is 11.1 Å². The summed E-state index contributed by atoms with van der Waals surface area (Å²) in [5, 5.41) is 23.2. The molecule has 0 spiro atoms. The fourth-order valence-corrected chi connectivity index (χ4v) is 3.37. The van der Waals surface area contributed by atoms with Crippen LogP contribution in [0, 0.1) is 0 Å². The van der Waals surface area contributed by atoms with Crippen LogP contribution in [0.3, 0.4) is 0 Å². The molecule has 3 rings (SSSR count). The number of rotatable bonds is 7. The molecule has 0 unspecified atom stereocenters. The molecule has 0 amide bonds. The third-order valence-corrected chi connectivity index (χ3v) is 5.16. The minimum Gasteiger partial charge on any atom is -0.394 e. The van der Waals surface area contributed by atoms with E-state index in [9.17, 15) is 10.2 Å². The first-order valence-corrected chi connectivity index (χ1v) is 8.75. The van der Waals surface area contributed by atoms with Gasteiger partial charge in [-0.25, -0.2) is 0 Å². The molecule has 0 aliphatic heterocycles. The molecule has 0 saturated heterocycles. The number of aliphatic hydroxyl groups is 2. The van der Waals surface area contributed by atoms with Gasteiger partial charge in [-0.2, -0.15) is 0 Å². The van der Waals surface area contributed by atoms with Crippen molar-refractivity contribution in [1.29, 1.82) is 0 Å². The van der Waals surface area contributed by atoms with Gasteiger partial charge in [0.1, 0.15) is 0 Å². The van der Waals surface area contributed by atoms with Gasteiger partial charge in [-0.15, -0.1) is 0 Å². The Morgan fingerprint density at radius 2 is 1.83 bits per heavy atom. The lowest BCUT2D eigenvalue weighted by molar-refractivity contribution is 0.103. The van der Waals surface area contributed by atoms with Gasteiger partial charge < -0.3 is 20.5 Å². The lowest BCUT2D eigenvalue weighted by Gasteiger charge is -2.26. The lowest BCUT2D eigenvalue weighted by Crippen LogP contribution is -2.48. The van der Waals surface area contributed by atoms with E-state index in [0.29, 0.717) is 6.54 Å². The van der Waals surface area contributed by atoms with Crippen molar-refractivity contribution in [3.8, 4) is 0 Å². The summed E-state index contributed by atoms with van der Waals surface area (Å²) in [5.41, 5.74) is 1.55. The van der Waals surface area contributed by atoms with Gasteiger partial charge in [0.15, 0.2) is 0 Å². The van der Waals surface area contributed by atoms with Crippen molar-refractivity contribution in [2.24, 2.45) is 0 Å². The van der Waals surface area contributed by atoms with Gasteiger partial charge in [0.05, 0.1) is 18.8 Å². The predicted octanol–water partition coefficient (Wildman–Crippen LogP) is 3.15. The van der Waals surface area contributed by atoms with Gasteiger partial charge in [-0.3, -0.25) is 0 Å². The molecule has 0 atom stereocenters. The largest absolute Gasteiger partial charge is 0.394 e. The Bertz CT molecular complexity index is 797. The molecule has 24 heavy (non-hydrogen) atoms. The van der Waals surface area contributed by atoms with Gasteiger partial charge in [-0.1, -0.05) is 36.0 Å². The molecular formula is C19H22N2O2S. The van der Waals surface area contributed by atoms with Crippen LogP contribution in [0.25, 0.3) is 10.9 Å². The van der Waals surface area contributed by atoms with Gasteiger partial charge >= 0.3 is 0 Å². The van der Waals surface area contributed by atoms with Crippen LogP contribution in [-0.4, -0.2) is 33.9 Å². The van der Waals surface area contributed by atoms with Crippen molar-refractivity contribution < 1.29 is 10.2 Å². The second-order valence-corrected chi connectivity index (χ2v) is 7.29. The van der Waals surface area contributed by atoms with E-state index in [1.54, 1.807) is 18.7 Å². The SMILES string of the molecule is CC(CO)(CO)NCc1ccc2[nH]cc(Sc3ccccc3)c2c1. The fourth-order valence-electron chi connectivity index (χ4n) is 2.43. The van der Waals surface area contributed by atoms with E-state index in [1.807, 2.05) is 24.4 Å². The minimum atomic E-state index is -0.672. The van der Waals surface area contributed by atoms with Crippen LogP contribution in [0.2, 0.25) is 0 Å². The summed E-state index contributed by atoms with van der Waals surface area (Å²) >= 11 is 1.73. The molecule has 0 aliphatic carbocycles. The number of aromatic amines is 1. The van der Waals surface area contributed by atoms with Gasteiger partial charge in [-0.05, 0) is 36.8 Å². The van der Waals surface area contributed by atoms with E-state index in [4.69, 9.17) is 0 Å². The molecule has 2 aromatic carbocycles. The highest BCUT2D eigenvalue weighted by Gasteiger charge is 2.21. The molecule has 0 fully saturated rings. The highest BCUT2D eigenvalue weighted by molar-refractivity contribution is 7.99. The molecule has 3 aromatic rings. The second kappa shape index (κ2) is 7.40. The number of benzene rings is 2. The average molecular weight is 342 g/mol. The van der Waals surface area contributed by atoms with Crippen molar-refractivity contribution in [3.05, 3.63) is 60.3 Å². The second-order valence-electron chi connectivity index (χ2n) is 6.18. The topological polar surface area (TPSA) is 68.3 Å². The Morgan fingerprint density at radius 3 is 2.54 bits per heavy atom. The number of H-pyrrole nitrogens is 1. The number of hydrogen-bond acceptors (Lipinski definition) is 4. The first-order chi connectivity index (χ1) is 11.6. The van der Waals surface area contributed by atoms with Gasteiger partial charge in [0.2, 0.25) is 0 Å². The van der Waals surface area contributed by atoms with Crippen molar-refractivity contribution in [2.75, 3.05) is 13.2 Å². The maximum absolute atomic E-state index is 9.38. The molecule has 0 radical (unpaired) electrons. The third kappa shape index (κ3) is 3.82. The quantitative estimate of drug-likeness (QED) is 0.532. The van der Waals surface area contributed by atoms with Crippen LogP contribution < -0.4 is 5.32 Å². The maximum Gasteiger partial charge on any atom is 0.0633 e. The van der Waals surface area contributed by atoms with Crippen LogP contribution in [-0.2, 0) is 6.54 Å². The first kappa shape index (κ1) is 17.0. The fraction of sp³-hybridized carbons (Fsp3) is 0.263. The number of nitrogens with one attached hydrogen (secondary N) is 2. The number of hydrogen-bond donors (Lipinski definition) is 4. The molecule has 5 heteroatoms. The number of fused-ring (bicyclic) bond motifs is 1. The molecule has 0 aliphatic rings. The van der Waals surface area contributed by atoms with Crippen LogP contribution >= 0.6 is 11.8 Å². The lowest BCUT2D eigenvalue weighted by atomic mass is 10.0. The maximum atomic E-state index is 9.38. The molecule has 126 valence electrons. The Labute approximate surface area is 145 Å². The molecular weight excluding hydrogens is 320 g/mol. The summed E-state index contributed by atoms with van der Waals surface area (Å²) in [7, 11) is 0. The van der Waals surface area contributed by atoms with Crippen LogP contribution in [0.15, 0.2) is 64.5 Å². The molecule has 1 heterocycles. The Hall–Kier alpha value is -1.79. The van der Waals surface area contributed by atoms with Gasteiger partial charge in [0, 0.05) is 33.4 Å². The summed E-state index contributed by atoms with van der Waals surface area (Å²) in [6.45, 7) is 2.18. The summed E-state index contributed by atoms with van der Waals surface area (Å²) in [5.74, 6) is 0. The summed E-state index contributed by atoms with van der Waals surface area (Å²) in [4.78, 5) is 5.70. The first-order valence-electron chi connectivity index (χ1n) is 7.93. The van der Waals surface area contributed by atoms with Crippen LogP contribution in [0.4, 0.5) is 0 Å². The molecule has 4 N–H and O–H groups in total. The van der Waals surface area contributed by atoms with Crippen molar-refractivity contribution in [2.45, 2.75) is 28.8 Å². The standard InChI is InChI=1S/C19H22N2O2S/c1-19(12-22,13-23)21-10-14-7-8-17-16(9-14)18(11-20-17)24-15-5-3-2-4-6-15/h2-9,11,20-23H,10,12-13H2,1H3. The van der Waals surface area contributed by atoms with E-state index in [-0.39, 0.29) is 13.2 Å². The smallest absolute Gasteiger partial charge is 0.0633 e. The summed E-state index contributed by atoms with van der Waals surface area (Å²) < 4.78 is 0. The zero-order valence-corrected chi connectivity index (χ0v) is 14.4. The highest BCUT2D eigenvalue weighted by atomic mass is 32.2. The molecule has 4 nitrogen and oxygen atoms in total. The summed E-state index contributed by atoms with van der Waals surface area (Å²) in [6, 6.07) is 16.6. The predicted molar refractivity (Wildman–Crippen MR) is 98.3 cm³/mol. The number of aliphatic hydroxyl groups excluding tert-OH is 2. The molecule has 0 bridgehead atoms. The Balaban J connectivity index is 1.81. The van der Waals surface area contributed by atoms with Crippen molar-refractivity contribution >= 4 is 22.7 Å². The van der Waals surface area contributed by atoms with Crippen molar-refractivity contribution in [1.82, 2.24) is 10.3 Å². The zero-order valence-electron chi connectivity index (χ0n) is 13.6. The van der Waals surface area contributed by atoms with E-state index < -0.39 is 5.54 Å². The summed E-state index contributed by atoms with van der Waals surface area (Å²) in [6.07, 6.45) is 2.03. The minimum absolute atomic E-state index is 0.106. The van der Waals surface area contributed by atoms with Crippen molar-refractivity contribution in [3.63, 3.8) is 0 Å². The number of aromatic nitrogens is 1. The van der Waals surface area contributed by atoms with E-state index in [1.165, 1.54) is 15.2 Å². The normalized spacial score (nSPS) is 12.0. The monoisotopic (exact) mass is 342 g/mol. The Kier molecular flexibility index (Phi) is 5.26. The molecule has 1 aromatic heterocycles. The van der Waals surface area contributed by atoms with Crippen LogP contribution in [0.5, 0.6) is 0 Å². The highest BCUT2D eigenvalue weighted by Crippen LogP contribution is 2.33. The zero-order chi connectivity index (χ0) is 17.0. The van der Waals surface area contributed by atoms with E-state index in [2.05, 4.69) is 40.6 Å².